The molecule has 3 N–H and O–H groups in total. The lowest BCUT2D eigenvalue weighted by molar-refractivity contribution is 0.1000. The van der Waals surface area contributed by atoms with Crippen LogP contribution in [0.5, 0.6) is 0 Å². The molecule has 0 aromatic heterocycles. The molecular weight excluding hydrogens is 247 g/mol. The fraction of sp³-hybridized carbons (Fsp3) is 0.500. The van der Waals surface area contributed by atoms with Crippen LogP contribution < -0.4 is 11.1 Å². The molecule has 2 atom stereocenters. The molecule has 1 aromatic carbocycles. The average Bonchev–Trinajstić information content (AvgIpc) is 2.88. The van der Waals surface area contributed by atoms with Crippen molar-refractivity contribution in [3.05, 3.63) is 29.1 Å². The molecular formula is C14H19FN2O2. The van der Waals surface area contributed by atoms with E-state index in [1.54, 1.807) is 13.0 Å². The van der Waals surface area contributed by atoms with Crippen LogP contribution in [0.3, 0.4) is 0 Å². The number of nitrogens with one attached hydrogen (secondary N) is 1. The van der Waals surface area contributed by atoms with Crippen molar-refractivity contribution in [2.75, 3.05) is 18.5 Å². The van der Waals surface area contributed by atoms with Crippen molar-refractivity contribution >= 4 is 11.6 Å². The lowest BCUT2D eigenvalue weighted by atomic mass is 9.99. The molecule has 1 aliphatic rings. The number of nitrogens with two attached hydrogens (primary N) is 1. The Balaban J connectivity index is 2.20. The SMILES string of the molecule is Cc1c(F)cc(C(N)=O)cc1NC(C)C1CCOC1. The first-order chi connectivity index (χ1) is 8.99. The van der Waals surface area contributed by atoms with Crippen LogP contribution in [0.15, 0.2) is 12.1 Å². The molecule has 0 spiro atoms. The Hall–Kier alpha value is -1.62. The number of anilines is 1. The van der Waals surface area contributed by atoms with E-state index in [4.69, 9.17) is 10.5 Å². The van der Waals surface area contributed by atoms with Gasteiger partial charge in [0.05, 0.1) is 6.61 Å². The molecule has 19 heavy (non-hydrogen) atoms. The van der Waals surface area contributed by atoms with E-state index in [1.165, 1.54) is 6.07 Å². The van der Waals surface area contributed by atoms with E-state index in [0.29, 0.717) is 23.8 Å². The molecule has 2 rings (SSSR count). The van der Waals surface area contributed by atoms with Gasteiger partial charge in [-0.25, -0.2) is 4.39 Å². The minimum atomic E-state index is -0.626. The summed E-state index contributed by atoms with van der Waals surface area (Å²) in [4.78, 5) is 11.2. The monoisotopic (exact) mass is 266 g/mol. The van der Waals surface area contributed by atoms with Crippen molar-refractivity contribution in [2.24, 2.45) is 11.7 Å². The molecule has 5 heteroatoms. The van der Waals surface area contributed by atoms with Crippen LogP contribution >= 0.6 is 0 Å². The third-order valence-electron chi connectivity index (χ3n) is 3.68. The van der Waals surface area contributed by atoms with Crippen molar-refractivity contribution < 1.29 is 13.9 Å². The van der Waals surface area contributed by atoms with Gasteiger partial charge in [-0.2, -0.15) is 0 Å². The van der Waals surface area contributed by atoms with Gasteiger partial charge < -0.3 is 15.8 Å². The van der Waals surface area contributed by atoms with Crippen molar-refractivity contribution in [3.63, 3.8) is 0 Å². The number of carbonyl (C=O) groups is 1. The number of ether oxygens (including phenoxy) is 1. The fourth-order valence-corrected chi connectivity index (χ4v) is 2.28. The lowest BCUT2D eigenvalue weighted by Crippen LogP contribution is -2.27. The number of halogens is 1. The van der Waals surface area contributed by atoms with Crippen molar-refractivity contribution in [3.8, 4) is 0 Å². The van der Waals surface area contributed by atoms with E-state index in [1.807, 2.05) is 6.92 Å². The Morgan fingerprint density at radius 1 is 1.58 bits per heavy atom. The zero-order valence-electron chi connectivity index (χ0n) is 11.2. The topological polar surface area (TPSA) is 64.4 Å². The van der Waals surface area contributed by atoms with Gasteiger partial charge in [-0.05, 0) is 32.4 Å². The maximum absolute atomic E-state index is 13.8. The Labute approximate surface area is 112 Å². The summed E-state index contributed by atoms with van der Waals surface area (Å²) in [7, 11) is 0. The predicted octanol–water partition coefficient (Wildman–Crippen LogP) is 2.07. The standard InChI is InChI=1S/C14H19FN2O2/c1-8-12(15)5-11(14(16)18)6-13(8)17-9(2)10-3-4-19-7-10/h5-6,9-10,17H,3-4,7H2,1-2H3,(H2,16,18). The van der Waals surface area contributed by atoms with E-state index in [9.17, 15) is 9.18 Å². The highest BCUT2D eigenvalue weighted by Gasteiger charge is 2.23. The van der Waals surface area contributed by atoms with Gasteiger partial charge in [-0.1, -0.05) is 0 Å². The summed E-state index contributed by atoms with van der Waals surface area (Å²) >= 11 is 0. The highest BCUT2D eigenvalue weighted by atomic mass is 19.1. The first kappa shape index (κ1) is 13.8. The van der Waals surface area contributed by atoms with E-state index in [-0.39, 0.29) is 11.6 Å². The molecule has 1 aromatic rings. The number of amides is 1. The quantitative estimate of drug-likeness (QED) is 0.877. The minimum absolute atomic E-state index is 0.156. The molecule has 1 heterocycles. The van der Waals surface area contributed by atoms with Crippen LogP contribution in [-0.4, -0.2) is 25.2 Å². The highest BCUT2D eigenvalue weighted by Crippen LogP contribution is 2.25. The molecule has 104 valence electrons. The molecule has 0 saturated carbocycles. The van der Waals surface area contributed by atoms with Gasteiger partial charge in [0.25, 0.3) is 0 Å². The molecule has 0 bridgehead atoms. The summed E-state index contributed by atoms with van der Waals surface area (Å²) in [5, 5.41) is 3.26. The molecule has 1 amide bonds. The van der Waals surface area contributed by atoms with Crippen LogP contribution in [0.4, 0.5) is 10.1 Å². The molecule has 0 radical (unpaired) electrons. The predicted molar refractivity (Wildman–Crippen MR) is 71.7 cm³/mol. The van der Waals surface area contributed by atoms with Gasteiger partial charge in [0.15, 0.2) is 0 Å². The maximum atomic E-state index is 13.8. The third-order valence-corrected chi connectivity index (χ3v) is 3.68. The summed E-state index contributed by atoms with van der Waals surface area (Å²) in [6, 6.07) is 2.93. The number of hydrogen-bond donors (Lipinski definition) is 2. The van der Waals surface area contributed by atoms with Crippen molar-refractivity contribution in [1.29, 1.82) is 0 Å². The smallest absolute Gasteiger partial charge is 0.248 e. The van der Waals surface area contributed by atoms with E-state index < -0.39 is 11.7 Å². The van der Waals surface area contributed by atoms with Gasteiger partial charge in [0.1, 0.15) is 5.82 Å². The summed E-state index contributed by atoms with van der Waals surface area (Å²) in [5.41, 5.74) is 6.50. The average molecular weight is 266 g/mol. The number of carbonyl (C=O) groups excluding carboxylic acids is 1. The van der Waals surface area contributed by atoms with E-state index in [0.717, 1.165) is 13.0 Å². The Morgan fingerprint density at radius 3 is 2.89 bits per heavy atom. The lowest BCUT2D eigenvalue weighted by Gasteiger charge is -2.22. The third kappa shape index (κ3) is 3.04. The Morgan fingerprint density at radius 2 is 2.32 bits per heavy atom. The number of rotatable bonds is 4. The largest absolute Gasteiger partial charge is 0.382 e. The van der Waals surface area contributed by atoms with Crippen LogP contribution in [-0.2, 0) is 4.74 Å². The second kappa shape index (κ2) is 5.57. The van der Waals surface area contributed by atoms with Gasteiger partial charge in [0.2, 0.25) is 5.91 Å². The Kier molecular flexibility index (Phi) is 4.04. The first-order valence-electron chi connectivity index (χ1n) is 6.43. The molecule has 1 aliphatic heterocycles. The molecule has 0 aliphatic carbocycles. The van der Waals surface area contributed by atoms with Crippen molar-refractivity contribution in [1.82, 2.24) is 0 Å². The summed E-state index contributed by atoms with van der Waals surface area (Å²) < 4.78 is 19.1. The van der Waals surface area contributed by atoms with Gasteiger partial charge >= 0.3 is 0 Å². The van der Waals surface area contributed by atoms with Crippen molar-refractivity contribution in [2.45, 2.75) is 26.3 Å². The fourth-order valence-electron chi connectivity index (χ4n) is 2.28. The summed E-state index contributed by atoms with van der Waals surface area (Å²) in [6.07, 6.45) is 0.991. The maximum Gasteiger partial charge on any atom is 0.248 e. The zero-order valence-corrected chi connectivity index (χ0v) is 11.2. The highest BCUT2D eigenvalue weighted by molar-refractivity contribution is 5.94. The summed E-state index contributed by atoms with van der Waals surface area (Å²) in [5.74, 6) is -0.646. The first-order valence-corrected chi connectivity index (χ1v) is 6.43. The molecule has 2 unspecified atom stereocenters. The van der Waals surface area contributed by atoms with E-state index >= 15 is 0 Å². The minimum Gasteiger partial charge on any atom is -0.382 e. The van der Waals surface area contributed by atoms with Gasteiger partial charge in [-0.3, -0.25) is 4.79 Å². The normalized spacial score (nSPS) is 20.3. The van der Waals surface area contributed by atoms with Crippen LogP contribution in [0.25, 0.3) is 0 Å². The number of primary amides is 1. The number of benzene rings is 1. The van der Waals surface area contributed by atoms with E-state index in [2.05, 4.69) is 5.32 Å². The van der Waals surface area contributed by atoms with Gasteiger partial charge in [0, 0.05) is 35.4 Å². The second-order valence-corrected chi connectivity index (χ2v) is 5.05. The van der Waals surface area contributed by atoms with Gasteiger partial charge in [-0.15, -0.1) is 0 Å². The molecule has 1 saturated heterocycles. The van der Waals surface area contributed by atoms with Crippen LogP contribution in [0.2, 0.25) is 0 Å². The zero-order chi connectivity index (χ0) is 14.0. The van der Waals surface area contributed by atoms with Crippen LogP contribution in [0, 0.1) is 18.7 Å². The molecule has 4 nitrogen and oxygen atoms in total. The Bertz CT molecular complexity index is 485. The molecule has 1 fully saturated rings. The second-order valence-electron chi connectivity index (χ2n) is 5.05. The summed E-state index contributed by atoms with van der Waals surface area (Å²) in [6.45, 7) is 5.20. The van der Waals surface area contributed by atoms with Crippen LogP contribution in [0.1, 0.15) is 29.3 Å². The number of hydrogen-bond acceptors (Lipinski definition) is 3.